The van der Waals surface area contributed by atoms with Crippen LogP contribution in [0.4, 0.5) is 5.69 Å². The Labute approximate surface area is 167 Å². The first-order chi connectivity index (χ1) is 13.1. The summed E-state index contributed by atoms with van der Waals surface area (Å²) in [6.07, 6.45) is 3.28. The van der Waals surface area contributed by atoms with E-state index in [-0.39, 0.29) is 6.42 Å². The Morgan fingerprint density at radius 1 is 1.15 bits per heavy atom. The Bertz CT molecular complexity index is 794. The number of hydrazone groups is 1. The highest BCUT2D eigenvalue weighted by Crippen LogP contribution is 2.25. The van der Waals surface area contributed by atoms with E-state index in [1.807, 2.05) is 24.3 Å². The Morgan fingerprint density at radius 3 is 2.63 bits per heavy atom. The fourth-order valence-corrected chi connectivity index (χ4v) is 2.64. The van der Waals surface area contributed by atoms with Crippen LogP contribution in [0.25, 0.3) is 0 Å². The molecular weight excluding hydrogens is 410 g/mol. The number of nitrogens with one attached hydrogen (secondary N) is 2. The molecule has 27 heavy (non-hydrogen) atoms. The third-order valence-electron chi connectivity index (χ3n) is 3.49. The zero-order chi connectivity index (χ0) is 19.5. The number of halogens is 1. The summed E-state index contributed by atoms with van der Waals surface area (Å²) in [7, 11) is 0. The van der Waals surface area contributed by atoms with Gasteiger partial charge in [0, 0.05) is 5.69 Å². The van der Waals surface area contributed by atoms with Crippen LogP contribution >= 0.6 is 15.9 Å². The molecule has 0 radical (unpaired) electrons. The van der Waals surface area contributed by atoms with Crippen molar-refractivity contribution in [2.24, 2.45) is 5.10 Å². The van der Waals surface area contributed by atoms with Gasteiger partial charge in [-0.1, -0.05) is 31.5 Å². The monoisotopic (exact) mass is 431 g/mol. The van der Waals surface area contributed by atoms with Crippen molar-refractivity contribution in [3.8, 4) is 5.75 Å². The lowest BCUT2D eigenvalue weighted by Crippen LogP contribution is -2.24. The summed E-state index contributed by atoms with van der Waals surface area (Å²) >= 11 is 3.46. The van der Waals surface area contributed by atoms with Crippen LogP contribution in [-0.2, 0) is 9.59 Å². The Hall–Kier alpha value is -2.67. The van der Waals surface area contributed by atoms with Gasteiger partial charge in [0.1, 0.15) is 12.2 Å². The van der Waals surface area contributed by atoms with Crippen molar-refractivity contribution in [2.75, 3.05) is 11.9 Å². The average Bonchev–Trinajstić information content (AvgIpc) is 2.64. The van der Waals surface area contributed by atoms with Gasteiger partial charge in [-0.2, -0.15) is 5.10 Å². The summed E-state index contributed by atoms with van der Waals surface area (Å²) in [5, 5.41) is 6.53. The molecule has 0 unspecified atom stereocenters. The van der Waals surface area contributed by atoms with E-state index < -0.39 is 11.8 Å². The van der Waals surface area contributed by atoms with Crippen LogP contribution in [-0.4, -0.2) is 24.6 Å². The minimum absolute atomic E-state index is 0.305. The highest BCUT2D eigenvalue weighted by atomic mass is 79.9. The van der Waals surface area contributed by atoms with Crippen molar-refractivity contribution >= 4 is 39.6 Å². The maximum atomic E-state index is 11.8. The van der Waals surface area contributed by atoms with Gasteiger partial charge in [-0.3, -0.25) is 9.59 Å². The molecule has 0 aliphatic carbocycles. The van der Waals surface area contributed by atoms with E-state index in [1.165, 1.54) is 6.21 Å². The average molecular weight is 432 g/mol. The first kappa shape index (κ1) is 20.6. The lowest BCUT2D eigenvalue weighted by molar-refractivity contribution is -0.126. The van der Waals surface area contributed by atoms with Crippen LogP contribution in [0, 0.1) is 0 Å². The second-order valence-corrected chi connectivity index (χ2v) is 6.63. The van der Waals surface area contributed by atoms with Crippen LogP contribution in [0.1, 0.15) is 31.7 Å². The first-order valence-corrected chi connectivity index (χ1v) is 9.47. The Kier molecular flexibility index (Phi) is 8.51. The number of hydrogen-bond acceptors (Lipinski definition) is 4. The van der Waals surface area contributed by atoms with E-state index in [4.69, 9.17) is 4.74 Å². The normalized spacial score (nSPS) is 10.6. The molecule has 7 heteroatoms. The molecule has 142 valence electrons. The second kappa shape index (κ2) is 11.1. The largest absolute Gasteiger partial charge is 0.492 e. The van der Waals surface area contributed by atoms with Gasteiger partial charge >= 0.3 is 0 Å². The second-order valence-electron chi connectivity index (χ2n) is 5.78. The van der Waals surface area contributed by atoms with Crippen molar-refractivity contribution in [2.45, 2.75) is 26.2 Å². The standard InChI is InChI=1S/C20H22BrN3O3/c1-2-3-11-27-18-10-9-15(12-17(18)21)14-22-24-20(26)13-19(25)23-16-7-5-4-6-8-16/h4-10,12,14H,2-3,11,13H2,1H3,(H,23,25)(H,24,26). The van der Waals surface area contributed by atoms with Crippen LogP contribution in [0.15, 0.2) is 58.1 Å². The number of anilines is 1. The lowest BCUT2D eigenvalue weighted by atomic mass is 10.2. The third-order valence-corrected chi connectivity index (χ3v) is 4.11. The zero-order valence-corrected chi connectivity index (χ0v) is 16.7. The van der Waals surface area contributed by atoms with Gasteiger partial charge in [-0.05, 0) is 58.2 Å². The topological polar surface area (TPSA) is 79.8 Å². The molecule has 0 atom stereocenters. The minimum Gasteiger partial charge on any atom is -0.492 e. The van der Waals surface area contributed by atoms with E-state index in [9.17, 15) is 9.59 Å². The molecule has 0 aliphatic rings. The fraction of sp³-hybridized carbons (Fsp3) is 0.250. The summed E-state index contributed by atoms with van der Waals surface area (Å²) < 4.78 is 6.48. The summed E-state index contributed by atoms with van der Waals surface area (Å²) in [5.74, 6) is -0.120. The van der Waals surface area contributed by atoms with Crippen molar-refractivity contribution < 1.29 is 14.3 Å². The van der Waals surface area contributed by atoms with Crippen LogP contribution in [0.5, 0.6) is 5.75 Å². The van der Waals surface area contributed by atoms with Gasteiger partial charge in [-0.15, -0.1) is 0 Å². The molecule has 0 saturated heterocycles. The summed E-state index contributed by atoms with van der Waals surface area (Å²) in [5.41, 5.74) is 3.78. The molecule has 0 aliphatic heterocycles. The molecule has 2 aromatic rings. The predicted molar refractivity (Wildman–Crippen MR) is 110 cm³/mol. The van der Waals surface area contributed by atoms with Crippen molar-refractivity contribution in [1.82, 2.24) is 5.43 Å². The molecule has 0 bridgehead atoms. The minimum atomic E-state index is -0.488. The quantitative estimate of drug-likeness (QED) is 0.271. The number of hydrogen-bond donors (Lipinski definition) is 2. The van der Waals surface area contributed by atoms with Crippen molar-refractivity contribution in [3.63, 3.8) is 0 Å². The molecule has 2 N–H and O–H groups in total. The smallest absolute Gasteiger partial charge is 0.249 e. The van der Waals surface area contributed by atoms with Crippen molar-refractivity contribution in [1.29, 1.82) is 0 Å². The highest BCUT2D eigenvalue weighted by molar-refractivity contribution is 9.10. The number of carbonyl (C=O) groups excluding carboxylic acids is 2. The van der Waals surface area contributed by atoms with E-state index >= 15 is 0 Å². The SMILES string of the molecule is CCCCOc1ccc(C=NNC(=O)CC(=O)Nc2ccccc2)cc1Br. The van der Waals surface area contributed by atoms with Gasteiger partial charge in [0.15, 0.2) is 0 Å². The molecule has 2 rings (SSSR count). The molecule has 2 aromatic carbocycles. The van der Waals surface area contributed by atoms with E-state index in [0.717, 1.165) is 28.6 Å². The first-order valence-electron chi connectivity index (χ1n) is 8.67. The van der Waals surface area contributed by atoms with E-state index in [0.29, 0.717) is 12.3 Å². The number of para-hydroxylation sites is 1. The number of amides is 2. The summed E-state index contributed by atoms with van der Waals surface area (Å²) in [6.45, 7) is 2.78. The molecule has 6 nitrogen and oxygen atoms in total. The maximum Gasteiger partial charge on any atom is 0.249 e. The number of ether oxygens (including phenoxy) is 1. The van der Waals surface area contributed by atoms with Gasteiger partial charge < -0.3 is 10.1 Å². The maximum absolute atomic E-state index is 11.8. The molecular formula is C20H22BrN3O3. The van der Waals surface area contributed by atoms with E-state index in [2.05, 4.69) is 38.7 Å². The molecule has 0 saturated carbocycles. The summed E-state index contributed by atoms with van der Waals surface area (Å²) in [4.78, 5) is 23.6. The van der Waals surface area contributed by atoms with Gasteiger partial charge in [-0.25, -0.2) is 5.43 Å². The third kappa shape index (κ3) is 7.62. The number of rotatable bonds is 9. The van der Waals surface area contributed by atoms with Crippen LogP contribution in [0.2, 0.25) is 0 Å². The molecule has 0 spiro atoms. The van der Waals surface area contributed by atoms with Crippen LogP contribution < -0.4 is 15.5 Å². The number of carbonyl (C=O) groups is 2. The molecule has 0 fully saturated rings. The lowest BCUT2D eigenvalue weighted by Gasteiger charge is -2.08. The summed E-state index contributed by atoms with van der Waals surface area (Å²) in [6, 6.07) is 14.5. The van der Waals surface area contributed by atoms with Gasteiger partial charge in [0.2, 0.25) is 11.8 Å². The van der Waals surface area contributed by atoms with Gasteiger partial charge in [0.05, 0.1) is 17.3 Å². The highest BCUT2D eigenvalue weighted by Gasteiger charge is 2.08. The van der Waals surface area contributed by atoms with Gasteiger partial charge in [0.25, 0.3) is 0 Å². The number of nitrogens with zero attached hydrogens (tertiary/aromatic N) is 1. The Balaban J connectivity index is 1.79. The predicted octanol–water partition coefficient (Wildman–Crippen LogP) is 4.11. The van der Waals surface area contributed by atoms with Crippen molar-refractivity contribution in [3.05, 3.63) is 58.6 Å². The van der Waals surface area contributed by atoms with E-state index in [1.54, 1.807) is 24.3 Å². The number of benzene rings is 2. The zero-order valence-electron chi connectivity index (χ0n) is 15.1. The Morgan fingerprint density at radius 2 is 1.93 bits per heavy atom. The fourth-order valence-electron chi connectivity index (χ4n) is 2.13. The molecule has 2 amide bonds. The molecule has 0 aromatic heterocycles. The molecule has 0 heterocycles. The number of unbranched alkanes of at least 4 members (excludes halogenated alkanes) is 1. The van der Waals surface area contributed by atoms with Crippen LogP contribution in [0.3, 0.4) is 0 Å².